The maximum atomic E-state index is 13.3. The lowest BCUT2D eigenvalue weighted by atomic mass is 9.97. The van der Waals surface area contributed by atoms with E-state index in [0.717, 1.165) is 47.4 Å². The molecule has 0 radical (unpaired) electrons. The molecular formula is C27H25N5O2. The van der Waals surface area contributed by atoms with Gasteiger partial charge in [-0.25, -0.2) is 9.97 Å². The average Bonchev–Trinajstić information content (AvgIpc) is 2.89. The number of primary amides is 1. The molecule has 3 heterocycles. The Morgan fingerprint density at radius 2 is 1.79 bits per heavy atom. The number of aromatic nitrogens is 2. The van der Waals surface area contributed by atoms with Gasteiger partial charge in [-0.15, -0.1) is 0 Å². The van der Waals surface area contributed by atoms with E-state index in [9.17, 15) is 9.59 Å². The molecule has 2 amide bonds. The van der Waals surface area contributed by atoms with Crippen molar-refractivity contribution in [2.24, 2.45) is 11.7 Å². The summed E-state index contributed by atoms with van der Waals surface area (Å²) in [6.07, 6.45) is 3.35. The average molecular weight is 452 g/mol. The van der Waals surface area contributed by atoms with Gasteiger partial charge in [0, 0.05) is 24.0 Å². The monoisotopic (exact) mass is 451 g/mol. The summed E-state index contributed by atoms with van der Waals surface area (Å²) in [4.78, 5) is 36.2. The van der Waals surface area contributed by atoms with Crippen LogP contribution in [0.5, 0.6) is 0 Å². The molecule has 1 atom stereocenters. The van der Waals surface area contributed by atoms with Gasteiger partial charge in [-0.05, 0) is 37.1 Å². The SMILES string of the molecule is NC(=O)C1CCCN(c2ccc(NC(=O)c3cc(-c4ccccc4)nc4ccccc34)cn2)C1. The number of nitrogens with two attached hydrogens (primary N) is 1. The number of rotatable bonds is 5. The van der Waals surface area contributed by atoms with Crippen LogP contribution in [0.25, 0.3) is 22.2 Å². The molecule has 34 heavy (non-hydrogen) atoms. The number of carbonyl (C=O) groups excluding carboxylic acids is 2. The number of fused-ring (bicyclic) bond motifs is 1. The highest BCUT2D eigenvalue weighted by Gasteiger charge is 2.24. The van der Waals surface area contributed by atoms with Crippen molar-refractivity contribution in [1.29, 1.82) is 0 Å². The van der Waals surface area contributed by atoms with Crippen molar-refractivity contribution < 1.29 is 9.59 Å². The van der Waals surface area contributed by atoms with Crippen LogP contribution in [-0.2, 0) is 4.79 Å². The van der Waals surface area contributed by atoms with E-state index >= 15 is 0 Å². The normalized spacial score (nSPS) is 15.8. The molecule has 5 rings (SSSR count). The second kappa shape index (κ2) is 9.31. The third-order valence-electron chi connectivity index (χ3n) is 6.18. The molecule has 3 N–H and O–H groups in total. The molecule has 7 heteroatoms. The highest BCUT2D eigenvalue weighted by atomic mass is 16.2. The number of amides is 2. The number of benzene rings is 2. The molecule has 1 aliphatic rings. The lowest BCUT2D eigenvalue weighted by molar-refractivity contribution is -0.122. The minimum absolute atomic E-state index is 0.159. The Bertz CT molecular complexity index is 1340. The molecular weight excluding hydrogens is 426 g/mol. The first-order valence-electron chi connectivity index (χ1n) is 11.4. The van der Waals surface area contributed by atoms with E-state index in [0.29, 0.717) is 17.8 Å². The van der Waals surface area contributed by atoms with Crippen LogP contribution in [0.15, 0.2) is 79.0 Å². The van der Waals surface area contributed by atoms with Gasteiger partial charge in [0.1, 0.15) is 5.82 Å². The zero-order valence-electron chi connectivity index (χ0n) is 18.6. The first-order chi connectivity index (χ1) is 16.6. The van der Waals surface area contributed by atoms with Crippen molar-refractivity contribution in [3.63, 3.8) is 0 Å². The van der Waals surface area contributed by atoms with Crippen LogP contribution in [0.3, 0.4) is 0 Å². The zero-order valence-corrected chi connectivity index (χ0v) is 18.6. The lowest BCUT2D eigenvalue weighted by Gasteiger charge is -2.32. The maximum absolute atomic E-state index is 13.3. The zero-order chi connectivity index (χ0) is 23.5. The predicted molar refractivity (Wildman–Crippen MR) is 134 cm³/mol. The molecule has 0 saturated carbocycles. The van der Waals surface area contributed by atoms with Gasteiger partial charge in [0.25, 0.3) is 5.91 Å². The van der Waals surface area contributed by atoms with E-state index in [1.165, 1.54) is 0 Å². The Morgan fingerprint density at radius 1 is 1.00 bits per heavy atom. The fourth-order valence-electron chi connectivity index (χ4n) is 4.38. The Balaban J connectivity index is 1.39. The number of carbonyl (C=O) groups is 2. The van der Waals surface area contributed by atoms with Crippen molar-refractivity contribution in [3.05, 3.63) is 84.6 Å². The number of pyridine rings is 2. The van der Waals surface area contributed by atoms with Crippen LogP contribution < -0.4 is 16.0 Å². The summed E-state index contributed by atoms with van der Waals surface area (Å²) in [5.41, 5.74) is 9.09. The number of para-hydroxylation sites is 1. The van der Waals surface area contributed by atoms with Crippen molar-refractivity contribution in [3.8, 4) is 11.3 Å². The van der Waals surface area contributed by atoms with Gasteiger partial charge in [-0.3, -0.25) is 9.59 Å². The second-order valence-corrected chi connectivity index (χ2v) is 8.48. The van der Waals surface area contributed by atoms with Gasteiger partial charge < -0.3 is 16.0 Å². The molecule has 0 aliphatic carbocycles. The third-order valence-corrected chi connectivity index (χ3v) is 6.18. The summed E-state index contributed by atoms with van der Waals surface area (Å²) < 4.78 is 0. The van der Waals surface area contributed by atoms with Crippen molar-refractivity contribution in [2.45, 2.75) is 12.8 Å². The molecule has 0 bridgehead atoms. The molecule has 170 valence electrons. The van der Waals surface area contributed by atoms with E-state index in [-0.39, 0.29) is 17.7 Å². The van der Waals surface area contributed by atoms with Gasteiger partial charge >= 0.3 is 0 Å². The topological polar surface area (TPSA) is 101 Å². The fourth-order valence-corrected chi connectivity index (χ4v) is 4.38. The summed E-state index contributed by atoms with van der Waals surface area (Å²) in [6.45, 7) is 1.40. The fraction of sp³-hybridized carbons (Fsp3) is 0.185. The van der Waals surface area contributed by atoms with Crippen LogP contribution in [0.1, 0.15) is 23.2 Å². The first kappa shape index (κ1) is 21.6. The van der Waals surface area contributed by atoms with Crippen LogP contribution in [0.2, 0.25) is 0 Å². The van der Waals surface area contributed by atoms with E-state index in [1.54, 1.807) is 6.20 Å². The maximum Gasteiger partial charge on any atom is 0.256 e. The highest BCUT2D eigenvalue weighted by molar-refractivity contribution is 6.13. The Kier molecular flexibility index (Phi) is 5.91. The number of anilines is 2. The highest BCUT2D eigenvalue weighted by Crippen LogP contribution is 2.26. The Labute approximate surface area is 197 Å². The number of nitrogens with zero attached hydrogens (tertiary/aromatic N) is 3. The van der Waals surface area contributed by atoms with Crippen molar-refractivity contribution in [2.75, 3.05) is 23.3 Å². The van der Waals surface area contributed by atoms with Crippen molar-refractivity contribution in [1.82, 2.24) is 9.97 Å². The lowest BCUT2D eigenvalue weighted by Crippen LogP contribution is -2.41. The summed E-state index contributed by atoms with van der Waals surface area (Å²) >= 11 is 0. The van der Waals surface area contributed by atoms with Crippen LogP contribution in [0, 0.1) is 5.92 Å². The minimum atomic E-state index is -0.270. The molecule has 2 aromatic carbocycles. The van der Waals surface area contributed by atoms with Gasteiger partial charge in [0.05, 0.1) is 34.6 Å². The summed E-state index contributed by atoms with van der Waals surface area (Å²) in [5, 5.41) is 3.75. The van der Waals surface area contributed by atoms with E-state index in [2.05, 4.69) is 15.2 Å². The summed E-state index contributed by atoms with van der Waals surface area (Å²) in [5.74, 6) is 0.114. The van der Waals surface area contributed by atoms with Gasteiger partial charge in [-0.1, -0.05) is 48.5 Å². The standard InChI is InChI=1S/C27H25N5O2/c28-26(33)19-9-6-14-32(17-19)25-13-12-20(16-29-25)30-27(34)22-15-24(18-7-2-1-3-8-18)31-23-11-5-4-10-21(22)23/h1-5,7-8,10-13,15-16,19H,6,9,14,17H2,(H2,28,33)(H,30,34). The first-order valence-corrected chi connectivity index (χ1v) is 11.4. The molecule has 1 saturated heterocycles. The van der Waals surface area contributed by atoms with E-state index in [1.807, 2.05) is 72.8 Å². The number of nitrogens with one attached hydrogen (secondary N) is 1. The smallest absolute Gasteiger partial charge is 0.256 e. The van der Waals surface area contributed by atoms with Crippen LogP contribution >= 0.6 is 0 Å². The van der Waals surface area contributed by atoms with Crippen molar-refractivity contribution >= 4 is 34.2 Å². The molecule has 1 fully saturated rings. The number of hydrogen-bond acceptors (Lipinski definition) is 5. The summed E-state index contributed by atoms with van der Waals surface area (Å²) in [7, 11) is 0. The number of piperidine rings is 1. The Morgan fingerprint density at radius 3 is 2.56 bits per heavy atom. The predicted octanol–water partition coefficient (Wildman–Crippen LogP) is 4.25. The largest absolute Gasteiger partial charge is 0.369 e. The quantitative estimate of drug-likeness (QED) is 0.472. The minimum Gasteiger partial charge on any atom is -0.369 e. The molecule has 0 spiro atoms. The number of hydrogen-bond donors (Lipinski definition) is 2. The molecule has 1 aliphatic heterocycles. The van der Waals surface area contributed by atoms with Crippen LogP contribution in [-0.4, -0.2) is 34.9 Å². The van der Waals surface area contributed by atoms with E-state index < -0.39 is 0 Å². The molecule has 4 aromatic rings. The molecule has 2 aromatic heterocycles. The van der Waals surface area contributed by atoms with E-state index in [4.69, 9.17) is 10.7 Å². The van der Waals surface area contributed by atoms with Gasteiger partial charge in [0.2, 0.25) is 5.91 Å². The van der Waals surface area contributed by atoms with Gasteiger partial charge in [0.15, 0.2) is 0 Å². The van der Waals surface area contributed by atoms with Crippen LogP contribution in [0.4, 0.5) is 11.5 Å². The molecule has 1 unspecified atom stereocenters. The summed E-state index contributed by atoms with van der Waals surface area (Å²) in [6, 6.07) is 22.9. The molecule has 7 nitrogen and oxygen atoms in total. The Hall–Kier alpha value is -4.26. The second-order valence-electron chi connectivity index (χ2n) is 8.48. The van der Waals surface area contributed by atoms with Gasteiger partial charge in [-0.2, -0.15) is 0 Å². The third kappa shape index (κ3) is 4.45.